The third-order valence-electron chi connectivity index (χ3n) is 17.0. The molecule has 396 valence electrons. The first-order valence-electron chi connectivity index (χ1n) is 29.1. The van der Waals surface area contributed by atoms with Crippen molar-refractivity contribution in [2.45, 2.75) is 13.8 Å². The van der Waals surface area contributed by atoms with E-state index >= 15 is 0 Å². The zero-order valence-electron chi connectivity index (χ0n) is 46.9. The molecule has 2 heteroatoms. The van der Waals surface area contributed by atoms with Gasteiger partial charge in [-0.3, -0.25) is 0 Å². The van der Waals surface area contributed by atoms with Gasteiger partial charge in [-0.1, -0.05) is 255 Å². The second-order valence-electron chi connectivity index (χ2n) is 22.0. The summed E-state index contributed by atoms with van der Waals surface area (Å²) in [6, 6.07) is 116. The Morgan fingerprint density at radius 3 is 0.774 bits per heavy atom. The predicted octanol–water partition coefficient (Wildman–Crippen LogP) is 23.2. The maximum absolute atomic E-state index is 2.52. The third kappa shape index (κ3) is 8.67. The van der Waals surface area contributed by atoms with Crippen molar-refractivity contribution in [3.8, 4) is 89.0 Å². The van der Waals surface area contributed by atoms with Gasteiger partial charge < -0.3 is 9.80 Å². The molecule has 0 aromatic heterocycles. The van der Waals surface area contributed by atoms with E-state index in [9.17, 15) is 0 Å². The highest BCUT2D eigenvalue weighted by atomic mass is 15.2. The van der Waals surface area contributed by atoms with E-state index in [2.05, 4.69) is 339 Å². The van der Waals surface area contributed by atoms with E-state index in [4.69, 9.17) is 0 Å². The van der Waals surface area contributed by atoms with Crippen LogP contribution in [-0.4, -0.2) is 0 Å². The lowest BCUT2D eigenvalue weighted by atomic mass is 9.65. The van der Waals surface area contributed by atoms with Gasteiger partial charge in [-0.25, -0.2) is 0 Å². The summed E-state index contributed by atoms with van der Waals surface area (Å²) in [5, 5.41) is 4.80. The molecule has 0 saturated heterocycles. The van der Waals surface area contributed by atoms with E-state index < -0.39 is 0 Å². The molecular formula is C82H58N2. The monoisotopic (exact) mass is 1070 g/mol. The maximum Gasteiger partial charge on any atom is 0.0497 e. The second kappa shape index (κ2) is 21.3. The van der Waals surface area contributed by atoms with Crippen LogP contribution in [0.4, 0.5) is 34.1 Å². The molecule has 0 aliphatic heterocycles. The SMILES string of the molecule is Cc1ccc(-c2ccccc2)cc1N(c1ccc2c(-c3ccccc3)c3c(c(-c4ccccc4)c2c1)-c1c-3c(-c2ccccc2)c2ccc(N(c3ccccc3)c3ccccc3)cc2c1-c1ccccc1)c1cc(-c2ccccc2)ccc1C. The Kier molecular flexibility index (Phi) is 12.7. The molecule has 0 spiro atoms. The topological polar surface area (TPSA) is 6.48 Å². The first kappa shape index (κ1) is 50.2. The summed E-state index contributed by atoms with van der Waals surface area (Å²) >= 11 is 0. The Hall–Kier alpha value is -10.8. The summed E-state index contributed by atoms with van der Waals surface area (Å²) in [5.41, 5.74) is 28.4. The standard InChI is InChI=1S/C82H58N2/c1-55-43-45-63(57-27-11-3-12-28-57)51-73(55)84(74-52-64(46-44-56(74)2)58-29-13-4-14-30-58)68-48-50-70-72(54-68)78(62-37-21-8-22-38-62)82-80(76(70)60-33-17-6-18-34-60)79-75(59-31-15-5-16-32-59)69-49-47-67(53-71(69)77(81(79)82)61-35-19-7-20-36-61)83(65-39-23-9-24-40-65)66-41-25-10-26-42-66/h3-54H,1-2H3. The molecule has 0 saturated carbocycles. The van der Waals surface area contributed by atoms with Crippen LogP contribution in [0.5, 0.6) is 0 Å². The predicted molar refractivity (Wildman–Crippen MR) is 357 cm³/mol. The molecule has 0 unspecified atom stereocenters. The van der Waals surface area contributed by atoms with Gasteiger partial charge in [0.2, 0.25) is 0 Å². The van der Waals surface area contributed by atoms with Gasteiger partial charge in [-0.2, -0.15) is 0 Å². The number of hydrogen-bond acceptors (Lipinski definition) is 2. The molecule has 2 nitrogen and oxygen atoms in total. The van der Waals surface area contributed by atoms with Gasteiger partial charge in [0.15, 0.2) is 0 Å². The van der Waals surface area contributed by atoms with E-state index in [-0.39, 0.29) is 0 Å². The summed E-state index contributed by atoms with van der Waals surface area (Å²) < 4.78 is 0. The quantitative estimate of drug-likeness (QED) is 0.120. The fraction of sp³-hybridized carbons (Fsp3) is 0.0244. The zero-order chi connectivity index (χ0) is 56.1. The minimum absolute atomic E-state index is 1.08. The molecule has 1 aliphatic rings. The van der Waals surface area contributed by atoms with Crippen LogP contribution in [0.15, 0.2) is 315 Å². The smallest absolute Gasteiger partial charge is 0.0497 e. The third-order valence-corrected chi connectivity index (χ3v) is 17.0. The number of para-hydroxylation sites is 2. The van der Waals surface area contributed by atoms with Crippen LogP contribution in [0.1, 0.15) is 11.1 Å². The van der Waals surface area contributed by atoms with Crippen molar-refractivity contribution >= 4 is 55.7 Å². The van der Waals surface area contributed by atoms with Crippen molar-refractivity contribution < 1.29 is 0 Å². The molecule has 1 aliphatic carbocycles. The van der Waals surface area contributed by atoms with E-state index in [0.29, 0.717) is 0 Å². The Morgan fingerprint density at radius 1 is 0.179 bits per heavy atom. The van der Waals surface area contributed by atoms with Gasteiger partial charge >= 0.3 is 0 Å². The number of anilines is 6. The van der Waals surface area contributed by atoms with Gasteiger partial charge in [0, 0.05) is 34.1 Å². The first-order valence-corrected chi connectivity index (χ1v) is 29.1. The second-order valence-corrected chi connectivity index (χ2v) is 22.0. The van der Waals surface area contributed by atoms with Gasteiger partial charge in [-0.15, -0.1) is 0 Å². The normalized spacial score (nSPS) is 11.5. The molecule has 0 heterocycles. The van der Waals surface area contributed by atoms with Crippen LogP contribution in [-0.2, 0) is 0 Å². The molecule has 14 aromatic carbocycles. The summed E-state index contributed by atoms with van der Waals surface area (Å²) in [6.07, 6.45) is 0. The van der Waals surface area contributed by atoms with Crippen LogP contribution in [0, 0.1) is 13.8 Å². The van der Waals surface area contributed by atoms with Crippen LogP contribution in [0.25, 0.3) is 111 Å². The molecule has 14 aromatic rings. The number of hydrogen-bond donors (Lipinski definition) is 0. The van der Waals surface area contributed by atoms with Gasteiger partial charge in [0.05, 0.1) is 0 Å². The molecule has 84 heavy (non-hydrogen) atoms. The number of rotatable bonds is 12. The van der Waals surface area contributed by atoms with Crippen molar-refractivity contribution in [3.05, 3.63) is 327 Å². The average Bonchev–Trinajstić information content (AvgIpc) is 0.705. The number of aryl methyl sites for hydroxylation is 2. The lowest BCUT2D eigenvalue weighted by molar-refractivity contribution is 1.23. The van der Waals surface area contributed by atoms with Gasteiger partial charge in [0.1, 0.15) is 0 Å². The van der Waals surface area contributed by atoms with Crippen molar-refractivity contribution in [1.29, 1.82) is 0 Å². The minimum atomic E-state index is 1.08. The minimum Gasteiger partial charge on any atom is -0.310 e. The van der Waals surface area contributed by atoms with Crippen LogP contribution >= 0.6 is 0 Å². The van der Waals surface area contributed by atoms with Crippen molar-refractivity contribution in [2.24, 2.45) is 0 Å². The summed E-state index contributed by atoms with van der Waals surface area (Å²) in [6.45, 7) is 4.50. The van der Waals surface area contributed by atoms with Crippen LogP contribution in [0.2, 0.25) is 0 Å². The Morgan fingerprint density at radius 2 is 0.452 bits per heavy atom. The van der Waals surface area contributed by atoms with E-state index in [1.54, 1.807) is 0 Å². The van der Waals surface area contributed by atoms with Crippen molar-refractivity contribution in [2.75, 3.05) is 9.80 Å². The maximum atomic E-state index is 2.52. The lowest BCUT2D eigenvalue weighted by Gasteiger charge is -2.38. The molecule has 0 fully saturated rings. The molecule has 0 amide bonds. The van der Waals surface area contributed by atoms with E-state index in [0.717, 1.165) is 34.1 Å². The van der Waals surface area contributed by atoms with Crippen LogP contribution < -0.4 is 9.80 Å². The Balaban J connectivity index is 1.08. The highest BCUT2D eigenvalue weighted by Crippen LogP contribution is 2.66. The van der Waals surface area contributed by atoms with E-state index in [1.807, 2.05) is 0 Å². The summed E-state index contributed by atoms with van der Waals surface area (Å²) in [7, 11) is 0. The Labute approximate surface area is 492 Å². The van der Waals surface area contributed by atoms with Gasteiger partial charge in [-0.05, 0) is 196 Å². The molecule has 0 N–H and O–H groups in total. The molecular weight excluding hydrogens is 1010 g/mol. The largest absolute Gasteiger partial charge is 0.310 e. The molecule has 0 bridgehead atoms. The van der Waals surface area contributed by atoms with Crippen LogP contribution in [0.3, 0.4) is 0 Å². The first-order chi connectivity index (χ1) is 41.6. The average molecular weight is 1070 g/mol. The highest BCUT2D eigenvalue weighted by molar-refractivity contribution is 6.33. The molecule has 15 rings (SSSR count). The molecule has 0 radical (unpaired) electrons. The van der Waals surface area contributed by atoms with Gasteiger partial charge in [0.25, 0.3) is 0 Å². The van der Waals surface area contributed by atoms with Crippen molar-refractivity contribution in [3.63, 3.8) is 0 Å². The summed E-state index contributed by atoms with van der Waals surface area (Å²) in [5.74, 6) is 0. The zero-order valence-corrected chi connectivity index (χ0v) is 46.9. The summed E-state index contributed by atoms with van der Waals surface area (Å²) in [4.78, 5) is 4.92. The lowest BCUT2D eigenvalue weighted by Crippen LogP contribution is -2.14. The number of fused-ring (bicyclic) bond motifs is 6. The van der Waals surface area contributed by atoms with E-state index in [1.165, 1.54) is 122 Å². The highest BCUT2D eigenvalue weighted by Gasteiger charge is 2.39. The fourth-order valence-corrected chi connectivity index (χ4v) is 13.1. The Bertz CT molecular complexity index is 4610. The number of benzene rings is 14. The fourth-order valence-electron chi connectivity index (χ4n) is 13.1. The number of nitrogens with zero attached hydrogens (tertiary/aromatic N) is 2. The molecule has 0 atom stereocenters. The van der Waals surface area contributed by atoms with Crippen molar-refractivity contribution in [1.82, 2.24) is 0 Å².